The first-order valence-corrected chi connectivity index (χ1v) is 10.2. The van der Waals surface area contributed by atoms with E-state index in [-0.39, 0.29) is 24.8 Å². The number of hydrogen-bond donors (Lipinski definition) is 2. The van der Waals surface area contributed by atoms with Crippen molar-refractivity contribution in [3.63, 3.8) is 0 Å². The number of aromatic nitrogens is 2. The van der Waals surface area contributed by atoms with Gasteiger partial charge in [0, 0.05) is 41.3 Å². The average Bonchev–Trinajstić information content (AvgIpc) is 2.88. The van der Waals surface area contributed by atoms with Crippen LogP contribution in [0.1, 0.15) is 31.5 Å². The van der Waals surface area contributed by atoms with E-state index in [1.807, 2.05) is 19.1 Å². The van der Waals surface area contributed by atoms with Crippen molar-refractivity contribution in [3.8, 4) is 0 Å². The van der Waals surface area contributed by atoms with Gasteiger partial charge in [-0.05, 0) is 43.2 Å². The molecule has 0 aliphatic heterocycles. The first-order chi connectivity index (χ1) is 13.3. The van der Waals surface area contributed by atoms with Crippen molar-refractivity contribution in [1.82, 2.24) is 15.1 Å². The summed E-state index contributed by atoms with van der Waals surface area (Å²) in [5.74, 6) is -0.0375. The van der Waals surface area contributed by atoms with Crippen LogP contribution in [0.2, 0.25) is 5.15 Å². The molecule has 8 heteroatoms. The smallest absolute Gasteiger partial charge is 0.244 e. The molecule has 0 atom stereocenters. The number of rotatable bonds is 8. The number of amides is 2. The van der Waals surface area contributed by atoms with Crippen molar-refractivity contribution >= 4 is 51.1 Å². The van der Waals surface area contributed by atoms with Gasteiger partial charge in [-0.15, -0.1) is 0 Å². The maximum atomic E-state index is 12.0. The van der Waals surface area contributed by atoms with Crippen molar-refractivity contribution in [2.75, 3.05) is 11.9 Å². The molecule has 2 aromatic rings. The summed E-state index contributed by atoms with van der Waals surface area (Å²) in [6, 6.07) is 7.29. The number of benzene rings is 1. The number of carbonyl (C=O) groups excluding carboxylic acids is 2. The van der Waals surface area contributed by atoms with Crippen LogP contribution >= 0.6 is 27.5 Å². The van der Waals surface area contributed by atoms with Crippen molar-refractivity contribution in [2.24, 2.45) is 5.92 Å². The van der Waals surface area contributed by atoms with Crippen LogP contribution in [0.4, 0.5) is 5.69 Å². The minimum Gasteiger partial charge on any atom is -0.352 e. The molecule has 150 valence electrons. The molecule has 0 fully saturated rings. The van der Waals surface area contributed by atoms with E-state index in [9.17, 15) is 9.59 Å². The van der Waals surface area contributed by atoms with Crippen LogP contribution in [-0.2, 0) is 16.1 Å². The van der Waals surface area contributed by atoms with Gasteiger partial charge in [0.1, 0.15) is 5.15 Å². The van der Waals surface area contributed by atoms with E-state index < -0.39 is 0 Å². The monoisotopic (exact) mass is 466 g/mol. The molecule has 0 saturated carbocycles. The molecule has 1 heterocycles. The fourth-order valence-corrected chi connectivity index (χ4v) is 3.07. The van der Waals surface area contributed by atoms with E-state index in [1.54, 1.807) is 22.9 Å². The Morgan fingerprint density at radius 1 is 1.29 bits per heavy atom. The number of hydrogen-bond acceptors (Lipinski definition) is 3. The van der Waals surface area contributed by atoms with Gasteiger partial charge in [-0.3, -0.25) is 14.3 Å². The molecule has 0 spiro atoms. The van der Waals surface area contributed by atoms with Crippen LogP contribution in [0.3, 0.4) is 0 Å². The summed E-state index contributed by atoms with van der Waals surface area (Å²) in [6.45, 7) is 6.98. The Balaban J connectivity index is 1.81. The molecule has 0 aliphatic rings. The van der Waals surface area contributed by atoms with Crippen LogP contribution in [0.25, 0.3) is 6.08 Å². The molecular weight excluding hydrogens is 444 g/mol. The second-order valence-electron chi connectivity index (χ2n) is 6.80. The Labute approximate surface area is 178 Å². The summed E-state index contributed by atoms with van der Waals surface area (Å²) < 4.78 is 2.68. The zero-order valence-electron chi connectivity index (χ0n) is 16.1. The molecule has 28 heavy (non-hydrogen) atoms. The predicted octanol–water partition coefficient (Wildman–Crippen LogP) is 4.42. The minimum atomic E-state index is -0.288. The van der Waals surface area contributed by atoms with Gasteiger partial charge in [0.05, 0.1) is 5.69 Å². The zero-order valence-corrected chi connectivity index (χ0v) is 18.5. The molecule has 1 aromatic heterocycles. The average molecular weight is 468 g/mol. The fraction of sp³-hybridized carbons (Fsp3) is 0.350. The summed E-state index contributed by atoms with van der Waals surface area (Å²) in [6.07, 6.45) is 3.24. The second kappa shape index (κ2) is 10.4. The van der Waals surface area contributed by atoms with Gasteiger partial charge in [0.25, 0.3) is 0 Å². The highest BCUT2D eigenvalue weighted by Crippen LogP contribution is 2.22. The van der Waals surface area contributed by atoms with Gasteiger partial charge in [-0.2, -0.15) is 5.10 Å². The topological polar surface area (TPSA) is 76.0 Å². The van der Waals surface area contributed by atoms with E-state index >= 15 is 0 Å². The number of aryl methyl sites for hydroxylation is 1. The van der Waals surface area contributed by atoms with Crippen molar-refractivity contribution in [2.45, 2.75) is 33.7 Å². The molecule has 2 amide bonds. The number of halogens is 2. The number of nitrogens with zero attached hydrogens (tertiary/aromatic N) is 2. The molecule has 0 saturated heterocycles. The molecule has 1 aromatic carbocycles. The highest BCUT2D eigenvalue weighted by molar-refractivity contribution is 9.10. The van der Waals surface area contributed by atoms with Gasteiger partial charge in [0.15, 0.2) is 0 Å². The lowest BCUT2D eigenvalue weighted by molar-refractivity contribution is -0.117. The van der Waals surface area contributed by atoms with Crippen LogP contribution in [0, 0.1) is 12.8 Å². The van der Waals surface area contributed by atoms with Crippen LogP contribution < -0.4 is 10.6 Å². The summed E-state index contributed by atoms with van der Waals surface area (Å²) in [4.78, 5) is 23.9. The lowest BCUT2D eigenvalue weighted by atomic mass is 10.2. The van der Waals surface area contributed by atoms with Crippen molar-refractivity contribution < 1.29 is 9.59 Å². The summed E-state index contributed by atoms with van der Waals surface area (Å²) in [5.41, 5.74) is 2.21. The molecule has 0 radical (unpaired) electrons. The first-order valence-electron chi connectivity index (χ1n) is 9.00. The van der Waals surface area contributed by atoms with E-state index in [0.29, 0.717) is 23.3 Å². The minimum absolute atomic E-state index is 0.166. The highest BCUT2D eigenvalue weighted by Gasteiger charge is 2.12. The van der Waals surface area contributed by atoms with E-state index in [0.717, 1.165) is 15.7 Å². The fourth-order valence-electron chi connectivity index (χ4n) is 2.50. The predicted molar refractivity (Wildman–Crippen MR) is 116 cm³/mol. The van der Waals surface area contributed by atoms with Gasteiger partial charge in [0.2, 0.25) is 11.8 Å². The lowest BCUT2D eigenvalue weighted by Crippen LogP contribution is -2.26. The Morgan fingerprint density at radius 2 is 1.96 bits per heavy atom. The van der Waals surface area contributed by atoms with E-state index in [4.69, 9.17) is 11.6 Å². The van der Waals surface area contributed by atoms with Gasteiger partial charge < -0.3 is 10.6 Å². The number of carbonyl (C=O) groups is 2. The van der Waals surface area contributed by atoms with Gasteiger partial charge >= 0.3 is 0 Å². The van der Waals surface area contributed by atoms with E-state index in [2.05, 4.69) is 45.5 Å². The Bertz CT molecular complexity index is 860. The molecule has 0 unspecified atom stereocenters. The SMILES string of the molecule is Cc1nn(CC(C)C)c(Cl)c1C=CC(=O)NCCC(=O)Nc1ccc(Br)cc1. The second-order valence-corrected chi connectivity index (χ2v) is 8.07. The number of anilines is 1. The standard InChI is InChI=1S/C20H24BrClN4O2/c1-13(2)12-26-20(22)17(14(3)25-26)8-9-18(27)23-11-10-19(28)24-16-6-4-15(21)5-7-16/h4-9,13H,10-12H2,1-3H3,(H,23,27)(H,24,28). The maximum Gasteiger partial charge on any atom is 0.244 e. The van der Waals surface area contributed by atoms with Crippen molar-refractivity contribution in [1.29, 1.82) is 0 Å². The van der Waals surface area contributed by atoms with Crippen LogP contribution in [-0.4, -0.2) is 28.1 Å². The van der Waals surface area contributed by atoms with Crippen LogP contribution in [0.5, 0.6) is 0 Å². The first kappa shape index (κ1) is 22.2. The summed E-state index contributed by atoms with van der Waals surface area (Å²) in [5, 5.41) is 10.4. The van der Waals surface area contributed by atoms with Gasteiger partial charge in [-0.1, -0.05) is 41.4 Å². The normalized spacial score (nSPS) is 11.2. The lowest BCUT2D eigenvalue weighted by Gasteiger charge is -2.06. The summed E-state index contributed by atoms with van der Waals surface area (Å²) >= 11 is 9.69. The molecule has 0 bridgehead atoms. The largest absolute Gasteiger partial charge is 0.352 e. The Hall–Kier alpha value is -2.12. The Morgan fingerprint density at radius 3 is 2.61 bits per heavy atom. The molecule has 0 aliphatic carbocycles. The third-order valence-corrected chi connectivity index (χ3v) is 4.76. The molecule has 6 nitrogen and oxygen atoms in total. The molecular formula is C20H24BrClN4O2. The third kappa shape index (κ3) is 6.80. The Kier molecular flexibility index (Phi) is 8.26. The van der Waals surface area contributed by atoms with Gasteiger partial charge in [-0.25, -0.2) is 0 Å². The maximum absolute atomic E-state index is 12.0. The quantitative estimate of drug-likeness (QED) is 0.564. The molecule has 2 rings (SSSR count). The molecule has 2 N–H and O–H groups in total. The zero-order chi connectivity index (χ0) is 20.7. The summed E-state index contributed by atoms with van der Waals surface area (Å²) in [7, 11) is 0. The highest BCUT2D eigenvalue weighted by atomic mass is 79.9. The van der Waals surface area contributed by atoms with Crippen molar-refractivity contribution in [3.05, 3.63) is 51.2 Å². The van der Waals surface area contributed by atoms with Crippen LogP contribution in [0.15, 0.2) is 34.8 Å². The number of nitrogens with one attached hydrogen (secondary N) is 2. The van der Waals surface area contributed by atoms with E-state index in [1.165, 1.54) is 6.08 Å². The third-order valence-electron chi connectivity index (χ3n) is 3.83.